The van der Waals surface area contributed by atoms with Crippen molar-refractivity contribution in [3.8, 4) is 16.9 Å². The largest absolute Gasteiger partial charge is 0.383 e. The van der Waals surface area contributed by atoms with Crippen LogP contribution < -0.4 is 10.6 Å². The third-order valence-corrected chi connectivity index (χ3v) is 7.10. The van der Waals surface area contributed by atoms with Gasteiger partial charge in [0.05, 0.1) is 22.6 Å². The maximum absolute atomic E-state index is 14.2. The highest BCUT2D eigenvalue weighted by Crippen LogP contribution is 2.32. The van der Waals surface area contributed by atoms with Crippen molar-refractivity contribution in [2.24, 2.45) is 0 Å². The maximum atomic E-state index is 14.2. The topological polar surface area (TPSA) is 49.3 Å². The molecule has 0 bridgehead atoms. The zero-order valence-electron chi connectivity index (χ0n) is 21.6. The lowest BCUT2D eigenvalue weighted by Crippen LogP contribution is -2.54. The number of amides is 1. The highest BCUT2D eigenvalue weighted by atomic mass is 16.2. The summed E-state index contributed by atoms with van der Waals surface area (Å²) >= 11 is 0. The lowest BCUT2D eigenvalue weighted by molar-refractivity contribution is 0.0637. The van der Waals surface area contributed by atoms with Crippen LogP contribution in [-0.4, -0.2) is 47.6 Å². The first-order valence-corrected chi connectivity index (χ1v) is 13.4. The minimum absolute atomic E-state index is 0.0939. The molecule has 190 valence electrons. The Balaban J connectivity index is 1.53. The van der Waals surface area contributed by atoms with Crippen LogP contribution in [0, 0.1) is 0 Å². The first-order chi connectivity index (χ1) is 18.3. The van der Waals surface area contributed by atoms with Crippen LogP contribution in [0.15, 0.2) is 97.2 Å². The molecule has 1 aliphatic rings. The molecule has 1 unspecified atom stereocenters. The van der Waals surface area contributed by atoms with Crippen LogP contribution >= 0.6 is 0 Å². The van der Waals surface area contributed by atoms with Crippen LogP contribution in [0.2, 0.25) is 0 Å². The lowest BCUT2D eigenvalue weighted by atomic mass is 10.0. The highest BCUT2D eigenvalue weighted by Gasteiger charge is 2.30. The fourth-order valence-electron chi connectivity index (χ4n) is 5.18. The second-order valence-electron chi connectivity index (χ2n) is 9.66. The van der Waals surface area contributed by atoms with Gasteiger partial charge in [-0.1, -0.05) is 86.1 Å². The molecule has 2 heterocycles. The van der Waals surface area contributed by atoms with Crippen LogP contribution in [0.4, 0.5) is 5.69 Å². The Morgan fingerprint density at radius 1 is 0.946 bits per heavy atom. The minimum Gasteiger partial charge on any atom is -0.383 e. The van der Waals surface area contributed by atoms with Crippen molar-refractivity contribution in [1.82, 2.24) is 14.8 Å². The van der Waals surface area contributed by atoms with Gasteiger partial charge in [-0.2, -0.15) is 0 Å². The predicted octanol–water partition coefficient (Wildman–Crippen LogP) is 6.01. The number of carbonyl (C=O) groups excluding carboxylic acids is 1. The van der Waals surface area contributed by atoms with E-state index in [4.69, 9.17) is 0 Å². The number of para-hydroxylation sites is 2. The molecule has 1 saturated heterocycles. The Labute approximate surface area is 220 Å². The fourth-order valence-corrected chi connectivity index (χ4v) is 5.18. The number of piperazine rings is 1. The molecular formula is C32H36N4O. The molecule has 5 rings (SSSR count). The van der Waals surface area contributed by atoms with Gasteiger partial charge in [-0.05, 0) is 42.2 Å². The predicted molar refractivity (Wildman–Crippen MR) is 152 cm³/mol. The molecule has 3 aromatic carbocycles. The Bertz CT molecular complexity index is 1300. The number of hydrogen-bond acceptors (Lipinski definition) is 3. The molecule has 1 fully saturated rings. The Morgan fingerprint density at radius 3 is 2.46 bits per heavy atom. The summed E-state index contributed by atoms with van der Waals surface area (Å²) in [5, 5.41) is 7.10. The van der Waals surface area contributed by atoms with E-state index in [1.54, 1.807) is 0 Å². The number of nitrogens with one attached hydrogen (secondary N) is 2. The third-order valence-electron chi connectivity index (χ3n) is 7.10. The normalized spacial score (nSPS) is 15.5. The zero-order valence-corrected chi connectivity index (χ0v) is 21.6. The molecule has 0 spiro atoms. The molecule has 1 aliphatic heterocycles. The molecule has 0 radical (unpaired) electrons. The van der Waals surface area contributed by atoms with E-state index < -0.39 is 0 Å². The zero-order chi connectivity index (χ0) is 25.5. The highest BCUT2D eigenvalue weighted by molar-refractivity contribution is 6.01. The molecule has 2 N–H and O–H groups in total. The average Bonchev–Trinajstić information content (AvgIpc) is 3.39. The molecule has 5 nitrogen and oxygen atoms in total. The van der Waals surface area contributed by atoms with E-state index in [2.05, 4.69) is 87.7 Å². The number of unbranched alkanes of at least 4 members (excludes halogenated alkanes) is 1. The van der Waals surface area contributed by atoms with E-state index >= 15 is 0 Å². The smallest absolute Gasteiger partial charge is 0.256 e. The summed E-state index contributed by atoms with van der Waals surface area (Å²) in [6.07, 6.45) is 5.14. The quantitative estimate of drug-likeness (QED) is 0.281. The summed E-state index contributed by atoms with van der Waals surface area (Å²) in [5.74, 6) is 0.0939. The van der Waals surface area contributed by atoms with Gasteiger partial charge in [0.2, 0.25) is 0 Å². The summed E-state index contributed by atoms with van der Waals surface area (Å²) in [6, 6.07) is 31.2. The second-order valence-corrected chi connectivity index (χ2v) is 9.66. The van der Waals surface area contributed by atoms with Crippen LogP contribution in [0.25, 0.3) is 16.9 Å². The molecule has 5 heteroatoms. The number of carbonyl (C=O) groups is 1. The van der Waals surface area contributed by atoms with Gasteiger partial charge in [0.1, 0.15) is 0 Å². The molecular weight excluding hydrogens is 456 g/mol. The first-order valence-electron chi connectivity index (χ1n) is 13.4. The van der Waals surface area contributed by atoms with Gasteiger partial charge in [-0.15, -0.1) is 0 Å². The maximum Gasteiger partial charge on any atom is 0.256 e. The molecule has 1 atom stereocenters. The van der Waals surface area contributed by atoms with Crippen LogP contribution in [0.3, 0.4) is 0 Å². The van der Waals surface area contributed by atoms with Gasteiger partial charge in [0, 0.05) is 38.4 Å². The van der Waals surface area contributed by atoms with Gasteiger partial charge < -0.3 is 20.1 Å². The second kappa shape index (κ2) is 11.9. The minimum atomic E-state index is 0.0939. The van der Waals surface area contributed by atoms with Crippen molar-refractivity contribution >= 4 is 11.6 Å². The van der Waals surface area contributed by atoms with E-state index in [9.17, 15) is 4.79 Å². The van der Waals surface area contributed by atoms with E-state index in [0.717, 1.165) is 67.1 Å². The summed E-state index contributed by atoms with van der Waals surface area (Å²) in [4.78, 5) is 16.3. The van der Waals surface area contributed by atoms with Crippen molar-refractivity contribution in [1.29, 1.82) is 0 Å². The number of benzene rings is 3. The van der Waals surface area contributed by atoms with E-state index in [1.165, 1.54) is 5.56 Å². The van der Waals surface area contributed by atoms with Gasteiger partial charge in [0.15, 0.2) is 0 Å². The molecule has 1 amide bonds. The van der Waals surface area contributed by atoms with Crippen molar-refractivity contribution in [2.45, 2.75) is 32.2 Å². The first kappa shape index (κ1) is 24.8. The molecule has 0 aliphatic carbocycles. The number of aromatic nitrogens is 1. The van der Waals surface area contributed by atoms with Crippen molar-refractivity contribution in [2.75, 3.05) is 31.5 Å². The average molecular weight is 493 g/mol. The fraction of sp³-hybridized carbons (Fsp3) is 0.281. The summed E-state index contributed by atoms with van der Waals surface area (Å²) in [7, 11) is 0. The van der Waals surface area contributed by atoms with Gasteiger partial charge in [-0.25, -0.2) is 0 Å². The Morgan fingerprint density at radius 2 is 1.68 bits per heavy atom. The van der Waals surface area contributed by atoms with E-state index in [-0.39, 0.29) is 11.9 Å². The summed E-state index contributed by atoms with van der Waals surface area (Å²) in [6.45, 7) is 5.43. The van der Waals surface area contributed by atoms with Crippen molar-refractivity contribution < 1.29 is 4.79 Å². The summed E-state index contributed by atoms with van der Waals surface area (Å²) in [5.41, 5.74) is 6.10. The standard InChI is InChI=1S/C32H36N4O/c1-2-3-19-34-29-16-10-11-17-30(29)36-21-18-28(31(36)26-14-8-5-9-15-26)32(37)35-22-20-33-24-27(35)23-25-12-6-4-7-13-25/h4-18,21,27,33-34H,2-3,19-20,22-24H2,1H3. The van der Waals surface area contributed by atoms with E-state index in [0.29, 0.717) is 6.54 Å². The molecule has 4 aromatic rings. The monoisotopic (exact) mass is 492 g/mol. The van der Waals surface area contributed by atoms with Crippen molar-refractivity contribution in [3.05, 3.63) is 108 Å². The number of hydrogen-bond donors (Lipinski definition) is 2. The lowest BCUT2D eigenvalue weighted by Gasteiger charge is -2.36. The van der Waals surface area contributed by atoms with Crippen LogP contribution in [0.1, 0.15) is 35.7 Å². The number of rotatable bonds is 9. The number of nitrogens with zero attached hydrogens (tertiary/aromatic N) is 2. The Hall–Kier alpha value is -3.83. The molecule has 1 aromatic heterocycles. The SMILES string of the molecule is CCCCNc1ccccc1-n1ccc(C(=O)N2CCNCC2Cc2ccccc2)c1-c1ccccc1. The third kappa shape index (κ3) is 5.62. The van der Waals surface area contributed by atoms with Crippen molar-refractivity contribution in [3.63, 3.8) is 0 Å². The van der Waals surface area contributed by atoms with E-state index in [1.807, 2.05) is 36.5 Å². The van der Waals surface area contributed by atoms with Gasteiger partial charge in [0.25, 0.3) is 5.91 Å². The summed E-state index contributed by atoms with van der Waals surface area (Å²) < 4.78 is 2.17. The molecule has 37 heavy (non-hydrogen) atoms. The van der Waals surface area contributed by atoms with Crippen LogP contribution in [-0.2, 0) is 6.42 Å². The Kier molecular flexibility index (Phi) is 8.02. The van der Waals surface area contributed by atoms with Crippen LogP contribution in [0.5, 0.6) is 0 Å². The van der Waals surface area contributed by atoms with Gasteiger partial charge >= 0.3 is 0 Å². The van der Waals surface area contributed by atoms with Gasteiger partial charge in [-0.3, -0.25) is 4.79 Å². The number of anilines is 1. The molecule has 0 saturated carbocycles.